The molecule has 2 aromatic carbocycles. The minimum Gasteiger partial charge on any atom is -0.461 e. The maximum atomic E-state index is 14.5. The monoisotopic (exact) mass is 433 g/mol. The summed E-state index contributed by atoms with van der Waals surface area (Å²) in [4.78, 5) is 26.7. The molecule has 7 nitrogen and oxygen atoms in total. The normalized spacial score (nSPS) is 11.4. The highest BCUT2D eigenvalue weighted by atomic mass is 35.5. The van der Waals surface area contributed by atoms with Gasteiger partial charge in [-0.3, -0.25) is 4.79 Å². The Morgan fingerprint density at radius 3 is 2.60 bits per heavy atom. The fraction of sp³-hybridized carbons (Fsp3) is 0.238. The molecule has 0 spiro atoms. The van der Waals surface area contributed by atoms with Crippen LogP contribution in [0.5, 0.6) is 0 Å². The van der Waals surface area contributed by atoms with Crippen molar-refractivity contribution >= 4 is 24.2 Å². The van der Waals surface area contributed by atoms with Gasteiger partial charge in [-0.2, -0.15) is 0 Å². The van der Waals surface area contributed by atoms with Crippen LogP contribution in [0, 0.1) is 22.9 Å². The van der Waals surface area contributed by atoms with Crippen LogP contribution in [0.15, 0.2) is 54.7 Å². The van der Waals surface area contributed by atoms with Crippen LogP contribution in [0.4, 0.5) is 10.2 Å². The standard InChI is InChI=1S/C21H20FN3O4.ClH/c1-14(17-8-9-18(19(22)12-17)16-6-4-3-5-7-16)21(26)29-11-10-24-15(2)23-13-20(24)25(27)28;/h3-9,12-14H,10-11H2,1-2H3;1H/t14-;/m0./s1. The number of benzene rings is 2. The second-order valence-corrected chi connectivity index (χ2v) is 6.57. The van der Waals surface area contributed by atoms with Crippen molar-refractivity contribution in [2.75, 3.05) is 6.61 Å². The Labute approximate surface area is 179 Å². The number of aryl methyl sites for hydroxylation is 1. The summed E-state index contributed by atoms with van der Waals surface area (Å²) in [5, 5.41) is 11.0. The summed E-state index contributed by atoms with van der Waals surface area (Å²) in [7, 11) is 0. The van der Waals surface area contributed by atoms with E-state index >= 15 is 0 Å². The van der Waals surface area contributed by atoms with E-state index in [2.05, 4.69) is 4.98 Å². The zero-order valence-electron chi connectivity index (χ0n) is 16.4. The lowest BCUT2D eigenvalue weighted by atomic mass is 9.97. The molecule has 0 N–H and O–H groups in total. The molecular formula is C21H21ClFN3O4. The number of hydrogen-bond donors (Lipinski definition) is 0. The number of aromatic nitrogens is 2. The number of halogens is 2. The van der Waals surface area contributed by atoms with E-state index in [1.54, 1.807) is 26.0 Å². The topological polar surface area (TPSA) is 87.3 Å². The minimum absolute atomic E-state index is 0. The summed E-state index contributed by atoms with van der Waals surface area (Å²) in [6.07, 6.45) is 1.16. The molecule has 9 heteroatoms. The molecule has 3 rings (SSSR count). The molecule has 1 heterocycles. The summed E-state index contributed by atoms with van der Waals surface area (Å²) in [6.45, 7) is 3.33. The van der Waals surface area contributed by atoms with E-state index in [0.717, 1.165) is 11.8 Å². The number of ether oxygens (including phenoxy) is 1. The predicted octanol–water partition coefficient (Wildman–Crippen LogP) is 4.67. The highest BCUT2D eigenvalue weighted by molar-refractivity contribution is 5.85. The molecule has 1 atom stereocenters. The van der Waals surface area contributed by atoms with Gasteiger partial charge in [0, 0.05) is 12.5 Å². The van der Waals surface area contributed by atoms with Crippen molar-refractivity contribution < 1.29 is 18.8 Å². The van der Waals surface area contributed by atoms with E-state index in [-0.39, 0.29) is 31.4 Å². The highest BCUT2D eigenvalue weighted by Gasteiger charge is 2.21. The van der Waals surface area contributed by atoms with Gasteiger partial charge in [0.2, 0.25) is 0 Å². The van der Waals surface area contributed by atoms with Crippen molar-refractivity contribution in [3.63, 3.8) is 0 Å². The number of carbonyl (C=O) groups excluding carboxylic acids is 1. The van der Waals surface area contributed by atoms with Crippen LogP contribution in [-0.2, 0) is 16.1 Å². The molecule has 1 aromatic heterocycles. The van der Waals surface area contributed by atoms with Crippen molar-refractivity contribution in [1.82, 2.24) is 9.55 Å². The molecule has 0 amide bonds. The van der Waals surface area contributed by atoms with Gasteiger partial charge >= 0.3 is 11.8 Å². The third-order valence-corrected chi connectivity index (χ3v) is 4.71. The molecule has 158 valence electrons. The molecule has 0 radical (unpaired) electrons. The lowest BCUT2D eigenvalue weighted by Crippen LogP contribution is -2.17. The van der Waals surface area contributed by atoms with Gasteiger partial charge in [0.25, 0.3) is 0 Å². The Balaban J connectivity index is 0.00000320. The van der Waals surface area contributed by atoms with Gasteiger partial charge < -0.3 is 14.9 Å². The first-order valence-electron chi connectivity index (χ1n) is 9.06. The van der Waals surface area contributed by atoms with E-state index in [9.17, 15) is 19.3 Å². The zero-order chi connectivity index (χ0) is 21.0. The fourth-order valence-electron chi connectivity index (χ4n) is 3.03. The Hall–Kier alpha value is -3.26. The van der Waals surface area contributed by atoms with Crippen molar-refractivity contribution in [2.24, 2.45) is 0 Å². The number of carbonyl (C=O) groups is 1. The van der Waals surface area contributed by atoms with Crippen molar-refractivity contribution in [1.29, 1.82) is 0 Å². The molecular weight excluding hydrogens is 413 g/mol. The fourth-order valence-corrected chi connectivity index (χ4v) is 3.03. The number of hydrogen-bond acceptors (Lipinski definition) is 5. The van der Waals surface area contributed by atoms with Gasteiger partial charge in [0.05, 0.1) is 5.92 Å². The Morgan fingerprint density at radius 1 is 1.27 bits per heavy atom. The van der Waals surface area contributed by atoms with E-state index in [1.165, 1.54) is 10.6 Å². The third kappa shape index (κ3) is 5.01. The highest BCUT2D eigenvalue weighted by Crippen LogP contribution is 2.26. The molecule has 0 aliphatic carbocycles. The molecule has 30 heavy (non-hydrogen) atoms. The molecule has 0 saturated carbocycles. The Kier molecular flexibility index (Phi) is 7.66. The zero-order valence-corrected chi connectivity index (χ0v) is 17.3. The van der Waals surface area contributed by atoms with Crippen molar-refractivity contribution in [3.8, 4) is 11.1 Å². The van der Waals surface area contributed by atoms with Crippen LogP contribution in [0.3, 0.4) is 0 Å². The first kappa shape index (κ1) is 23.0. The molecule has 0 bridgehead atoms. The summed E-state index contributed by atoms with van der Waals surface area (Å²) in [6, 6.07) is 13.8. The van der Waals surface area contributed by atoms with Crippen LogP contribution in [0.2, 0.25) is 0 Å². The second kappa shape index (κ2) is 9.98. The van der Waals surface area contributed by atoms with E-state index in [0.29, 0.717) is 17.0 Å². The molecule has 0 aliphatic rings. The molecule has 0 unspecified atom stereocenters. The number of imidazole rings is 1. The molecule has 0 aliphatic heterocycles. The number of rotatable bonds is 7. The molecule has 0 fully saturated rings. The molecule has 3 aromatic rings. The van der Waals surface area contributed by atoms with Crippen LogP contribution < -0.4 is 0 Å². The predicted molar refractivity (Wildman–Crippen MR) is 112 cm³/mol. The quantitative estimate of drug-likeness (QED) is 0.307. The maximum Gasteiger partial charge on any atom is 0.342 e. The molecule has 0 saturated heterocycles. The summed E-state index contributed by atoms with van der Waals surface area (Å²) in [5.74, 6) is -1.33. The SMILES string of the molecule is Cc1ncc([N+](=O)[O-])n1CCOC(=O)[C@@H](C)c1ccc(-c2ccccc2)c(F)c1.Cl. The Bertz CT molecular complexity index is 1040. The lowest BCUT2D eigenvalue weighted by Gasteiger charge is -2.13. The van der Waals surface area contributed by atoms with Gasteiger partial charge in [-0.1, -0.05) is 42.5 Å². The Morgan fingerprint density at radius 2 is 1.97 bits per heavy atom. The largest absolute Gasteiger partial charge is 0.461 e. The van der Waals surface area contributed by atoms with E-state index < -0.39 is 22.6 Å². The number of nitrogens with zero attached hydrogens (tertiary/aromatic N) is 3. The van der Waals surface area contributed by atoms with Gasteiger partial charge in [0.15, 0.2) is 5.82 Å². The van der Waals surface area contributed by atoms with E-state index in [4.69, 9.17) is 4.74 Å². The van der Waals surface area contributed by atoms with Crippen LogP contribution in [0.25, 0.3) is 11.1 Å². The van der Waals surface area contributed by atoms with Gasteiger partial charge in [-0.25, -0.2) is 13.9 Å². The average Bonchev–Trinajstić information content (AvgIpc) is 3.08. The van der Waals surface area contributed by atoms with Crippen LogP contribution in [-0.4, -0.2) is 27.1 Å². The average molecular weight is 434 g/mol. The number of esters is 1. The second-order valence-electron chi connectivity index (χ2n) is 6.57. The first-order chi connectivity index (χ1) is 13.9. The third-order valence-electron chi connectivity index (χ3n) is 4.71. The van der Waals surface area contributed by atoms with Crippen molar-refractivity contribution in [2.45, 2.75) is 26.3 Å². The van der Waals surface area contributed by atoms with Gasteiger partial charge in [0.1, 0.15) is 25.2 Å². The first-order valence-corrected chi connectivity index (χ1v) is 9.06. The summed E-state index contributed by atoms with van der Waals surface area (Å²) in [5.41, 5.74) is 1.71. The van der Waals surface area contributed by atoms with Gasteiger partial charge in [-0.15, -0.1) is 12.4 Å². The number of nitro groups is 1. The minimum atomic E-state index is -0.673. The summed E-state index contributed by atoms with van der Waals surface area (Å²) >= 11 is 0. The van der Waals surface area contributed by atoms with Gasteiger partial charge in [-0.05, 0) is 29.0 Å². The van der Waals surface area contributed by atoms with E-state index in [1.807, 2.05) is 30.3 Å². The van der Waals surface area contributed by atoms with Crippen LogP contribution in [0.1, 0.15) is 24.2 Å². The smallest absolute Gasteiger partial charge is 0.342 e. The summed E-state index contributed by atoms with van der Waals surface area (Å²) < 4.78 is 21.1. The maximum absolute atomic E-state index is 14.5. The van der Waals surface area contributed by atoms with Crippen molar-refractivity contribution in [3.05, 3.63) is 82.0 Å². The lowest BCUT2D eigenvalue weighted by molar-refractivity contribution is -0.392. The van der Waals surface area contributed by atoms with Crippen LogP contribution >= 0.6 is 12.4 Å².